The Balaban J connectivity index is 0.000000911. The van der Waals surface area contributed by atoms with E-state index in [1.54, 1.807) is 6.92 Å². The molecule has 1 heterocycles. The molecule has 2 rings (SSSR count). The van der Waals surface area contributed by atoms with Crippen molar-refractivity contribution in [1.82, 2.24) is 14.9 Å². The first-order valence-electron chi connectivity index (χ1n) is 10.7. The number of nitrogens with one attached hydrogen (secondary N) is 1. The molecule has 1 atom stereocenters. The highest BCUT2D eigenvalue weighted by Gasteiger charge is 2.24. The van der Waals surface area contributed by atoms with Gasteiger partial charge in [0.15, 0.2) is 0 Å². The molecule has 1 amide bonds. The summed E-state index contributed by atoms with van der Waals surface area (Å²) in [5, 5.41) is 11.8. The van der Waals surface area contributed by atoms with Crippen molar-refractivity contribution in [2.45, 2.75) is 72.7 Å². The molecule has 6 nitrogen and oxygen atoms in total. The SMILES string of the molecule is CC.CCCC(F)(F)F.CCc1nc(-c2ccccc2)cc(=O)n1CC(=O)NCC(C)O. The van der Waals surface area contributed by atoms with E-state index in [0.717, 1.165) is 5.56 Å². The number of hydrogen-bond acceptors (Lipinski definition) is 4. The maximum absolute atomic E-state index is 12.4. The zero-order chi connectivity index (χ0) is 24.7. The van der Waals surface area contributed by atoms with Gasteiger partial charge in [0.25, 0.3) is 5.56 Å². The van der Waals surface area contributed by atoms with Gasteiger partial charge in [-0.1, -0.05) is 58.0 Å². The molecule has 32 heavy (non-hydrogen) atoms. The molecule has 0 saturated heterocycles. The van der Waals surface area contributed by atoms with Crippen molar-refractivity contribution in [3.8, 4) is 11.3 Å². The second-order valence-corrected chi connectivity index (χ2v) is 6.72. The smallest absolute Gasteiger partial charge is 0.389 e. The lowest BCUT2D eigenvalue weighted by Crippen LogP contribution is -2.37. The molecule has 0 aliphatic carbocycles. The summed E-state index contributed by atoms with van der Waals surface area (Å²) >= 11 is 0. The van der Waals surface area contributed by atoms with Gasteiger partial charge >= 0.3 is 6.18 Å². The van der Waals surface area contributed by atoms with Crippen LogP contribution in [0, 0.1) is 0 Å². The summed E-state index contributed by atoms with van der Waals surface area (Å²) in [4.78, 5) is 28.7. The molecule has 1 unspecified atom stereocenters. The molecule has 0 radical (unpaired) electrons. The van der Waals surface area contributed by atoms with Crippen molar-refractivity contribution in [3.63, 3.8) is 0 Å². The molecule has 0 spiro atoms. The van der Waals surface area contributed by atoms with Gasteiger partial charge in [0.2, 0.25) is 5.91 Å². The highest BCUT2D eigenvalue weighted by atomic mass is 19.4. The molecule has 0 aliphatic heterocycles. The Bertz CT molecular complexity index is 851. The van der Waals surface area contributed by atoms with Crippen molar-refractivity contribution in [3.05, 3.63) is 52.6 Å². The van der Waals surface area contributed by atoms with Crippen LogP contribution in [0.2, 0.25) is 0 Å². The number of aliphatic hydroxyl groups excluding tert-OH is 1. The maximum atomic E-state index is 12.4. The Morgan fingerprint density at radius 2 is 1.78 bits per heavy atom. The fraction of sp³-hybridized carbons (Fsp3) is 0.522. The predicted molar refractivity (Wildman–Crippen MR) is 120 cm³/mol. The summed E-state index contributed by atoms with van der Waals surface area (Å²) in [6.07, 6.45) is -4.51. The van der Waals surface area contributed by atoms with Crippen LogP contribution in [0.15, 0.2) is 41.2 Å². The highest BCUT2D eigenvalue weighted by molar-refractivity contribution is 5.75. The Hall–Kier alpha value is -2.68. The van der Waals surface area contributed by atoms with Gasteiger partial charge in [-0.25, -0.2) is 4.98 Å². The number of aryl methyl sites for hydroxylation is 1. The number of carbonyl (C=O) groups excluding carboxylic acids is 1. The summed E-state index contributed by atoms with van der Waals surface area (Å²) in [6.45, 7) is 9.04. The molecule has 0 saturated carbocycles. The number of benzene rings is 1. The molecular weight excluding hydrogens is 423 g/mol. The number of aromatic nitrogens is 2. The summed E-state index contributed by atoms with van der Waals surface area (Å²) in [7, 11) is 0. The van der Waals surface area contributed by atoms with E-state index in [9.17, 15) is 27.9 Å². The van der Waals surface area contributed by atoms with Gasteiger partial charge in [0, 0.05) is 31.0 Å². The average molecular weight is 458 g/mol. The minimum Gasteiger partial charge on any atom is -0.392 e. The number of aliphatic hydroxyl groups is 1. The number of nitrogens with zero attached hydrogens (tertiary/aromatic N) is 2. The predicted octanol–water partition coefficient (Wildman–Crippen LogP) is 4.34. The molecule has 2 N–H and O–H groups in total. The van der Waals surface area contributed by atoms with Gasteiger partial charge < -0.3 is 10.4 Å². The fourth-order valence-electron chi connectivity index (χ4n) is 2.49. The molecule has 9 heteroatoms. The topological polar surface area (TPSA) is 84.2 Å². The first kappa shape index (κ1) is 29.3. The molecule has 1 aromatic carbocycles. The minimum atomic E-state index is -3.95. The standard InChI is InChI=1S/C17H21N3O3.C4H7F3.C2H6/c1-3-15-19-14(13-7-5-4-6-8-13)9-17(23)20(15)11-16(22)18-10-12(2)21;1-2-3-4(5,6)7;1-2/h4-9,12,21H,3,10-11H2,1-2H3,(H,18,22);2-3H2,1H3;1-2H3. The zero-order valence-electron chi connectivity index (χ0n) is 19.4. The van der Waals surface area contributed by atoms with Crippen LogP contribution in [0.25, 0.3) is 11.3 Å². The van der Waals surface area contributed by atoms with Crippen LogP contribution in [-0.4, -0.2) is 39.4 Å². The highest BCUT2D eigenvalue weighted by Crippen LogP contribution is 2.20. The lowest BCUT2D eigenvalue weighted by molar-refractivity contribution is -0.134. The maximum Gasteiger partial charge on any atom is 0.389 e. The fourth-order valence-corrected chi connectivity index (χ4v) is 2.49. The second kappa shape index (κ2) is 15.2. The van der Waals surface area contributed by atoms with Crippen molar-refractivity contribution in [2.24, 2.45) is 0 Å². The monoisotopic (exact) mass is 457 g/mol. The number of rotatable bonds is 7. The van der Waals surface area contributed by atoms with Crippen LogP contribution >= 0.6 is 0 Å². The zero-order valence-corrected chi connectivity index (χ0v) is 19.4. The summed E-state index contributed by atoms with van der Waals surface area (Å²) in [6, 6.07) is 10.9. The third-order valence-corrected chi connectivity index (χ3v) is 3.90. The van der Waals surface area contributed by atoms with Gasteiger partial charge in [0.05, 0.1) is 11.8 Å². The largest absolute Gasteiger partial charge is 0.392 e. The van der Waals surface area contributed by atoms with E-state index in [0.29, 0.717) is 17.9 Å². The van der Waals surface area contributed by atoms with Crippen molar-refractivity contribution >= 4 is 5.91 Å². The second-order valence-electron chi connectivity index (χ2n) is 6.72. The van der Waals surface area contributed by atoms with Crippen LogP contribution in [-0.2, 0) is 17.8 Å². The Labute approximate surface area is 187 Å². The lowest BCUT2D eigenvalue weighted by atomic mass is 10.1. The molecular formula is C23H34F3N3O3. The third-order valence-electron chi connectivity index (χ3n) is 3.90. The van der Waals surface area contributed by atoms with E-state index in [-0.39, 0.29) is 31.0 Å². The van der Waals surface area contributed by atoms with E-state index >= 15 is 0 Å². The van der Waals surface area contributed by atoms with Crippen LogP contribution in [0.1, 0.15) is 53.3 Å². The Morgan fingerprint density at radius 3 is 2.22 bits per heavy atom. The summed E-state index contributed by atoms with van der Waals surface area (Å²) in [5.41, 5.74) is 1.21. The number of hydrogen-bond donors (Lipinski definition) is 2. The number of amides is 1. The quantitative estimate of drug-likeness (QED) is 0.648. The van der Waals surface area contributed by atoms with E-state index in [4.69, 9.17) is 0 Å². The van der Waals surface area contributed by atoms with Gasteiger partial charge in [-0.15, -0.1) is 0 Å². The summed E-state index contributed by atoms with van der Waals surface area (Å²) in [5.74, 6) is 0.237. The van der Waals surface area contributed by atoms with Crippen LogP contribution in [0.3, 0.4) is 0 Å². The number of halogens is 3. The summed E-state index contributed by atoms with van der Waals surface area (Å²) < 4.78 is 34.5. The number of carbonyl (C=O) groups is 1. The lowest BCUT2D eigenvalue weighted by Gasteiger charge is -2.13. The van der Waals surface area contributed by atoms with Crippen molar-refractivity contribution in [1.29, 1.82) is 0 Å². The first-order chi connectivity index (χ1) is 15.1. The van der Waals surface area contributed by atoms with Crippen LogP contribution in [0.5, 0.6) is 0 Å². The molecule has 0 aliphatic rings. The van der Waals surface area contributed by atoms with Gasteiger partial charge in [0.1, 0.15) is 12.4 Å². The van der Waals surface area contributed by atoms with E-state index in [2.05, 4.69) is 10.3 Å². The van der Waals surface area contributed by atoms with Gasteiger partial charge in [-0.05, 0) is 13.3 Å². The normalized spacial score (nSPS) is 11.4. The van der Waals surface area contributed by atoms with Gasteiger partial charge in [-0.3, -0.25) is 14.2 Å². The van der Waals surface area contributed by atoms with Crippen LogP contribution in [0.4, 0.5) is 13.2 Å². The van der Waals surface area contributed by atoms with E-state index < -0.39 is 18.7 Å². The third kappa shape index (κ3) is 11.6. The molecule has 0 fully saturated rings. The molecule has 2 aromatic rings. The molecule has 180 valence electrons. The van der Waals surface area contributed by atoms with Crippen molar-refractivity contribution in [2.75, 3.05) is 6.54 Å². The van der Waals surface area contributed by atoms with Crippen molar-refractivity contribution < 1.29 is 23.1 Å². The average Bonchev–Trinajstić information content (AvgIpc) is 2.75. The molecule has 1 aromatic heterocycles. The van der Waals surface area contributed by atoms with E-state index in [1.807, 2.05) is 51.1 Å². The minimum absolute atomic E-state index is 0.100. The molecule has 0 bridgehead atoms. The Kier molecular flexibility index (Phi) is 13.9. The Morgan fingerprint density at radius 1 is 1.19 bits per heavy atom. The first-order valence-corrected chi connectivity index (χ1v) is 10.7. The van der Waals surface area contributed by atoms with Crippen LogP contribution < -0.4 is 10.9 Å². The van der Waals surface area contributed by atoms with Gasteiger partial charge in [-0.2, -0.15) is 13.2 Å². The van der Waals surface area contributed by atoms with E-state index in [1.165, 1.54) is 17.6 Å². The number of alkyl halides is 3.